The molecule has 0 saturated carbocycles. The van der Waals surface area contributed by atoms with Gasteiger partial charge in [0.15, 0.2) is 0 Å². The van der Waals surface area contributed by atoms with Gasteiger partial charge < -0.3 is 10.6 Å². The lowest BCUT2D eigenvalue weighted by Gasteiger charge is -2.25. The normalized spacial score (nSPS) is 21.0. The van der Waals surface area contributed by atoms with Crippen molar-refractivity contribution >= 4 is 12.4 Å². The van der Waals surface area contributed by atoms with Gasteiger partial charge in [-0.3, -0.25) is 0 Å². The number of likely N-dealkylation sites (tertiary alicyclic amines) is 1. The molecule has 5 heteroatoms. The number of benzene rings is 2. The Bertz CT molecular complexity index is 590. The zero-order valence-electron chi connectivity index (χ0n) is 13.7. The van der Waals surface area contributed by atoms with Crippen LogP contribution in [0.25, 0.3) is 0 Å². The highest BCUT2D eigenvalue weighted by Gasteiger charge is 2.29. The largest absolute Gasteiger partial charge is 0.326 e. The monoisotopic (exact) mass is 352 g/mol. The van der Waals surface area contributed by atoms with Crippen LogP contribution in [0.1, 0.15) is 24.0 Å². The van der Waals surface area contributed by atoms with Gasteiger partial charge in [0.1, 0.15) is 11.6 Å². The first kappa shape index (κ1) is 18.8. The van der Waals surface area contributed by atoms with E-state index in [1.165, 1.54) is 24.3 Å². The maximum Gasteiger partial charge on any atom is 0.123 e. The average Bonchev–Trinajstić information content (AvgIpc) is 2.85. The van der Waals surface area contributed by atoms with Gasteiger partial charge in [-0.15, -0.1) is 12.4 Å². The topological polar surface area (TPSA) is 29.3 Å². The Labute approximate surface area is 148 Å². The van der Waals surface area contributed by atoms with E-state index < -0.39 is 0 Å². The summed E-state index contributed by atoms with van der Waals surface area (Å²) in [4.78, 5) is 2.34. The zero-order valence-corrected chi connectivity index (χ0v) is 14.5. The maximum atomic E-state index is 13.2. The molecule has 1 saturated heterocycles. The molecule has 1 heterocycles. The van der Waals surface area contributed by atoms with E-state index in [9.17, 15) is 8.78 Å². The van der Waals surface area contributed by atoms with Crippen molar-refractivity contribution in [1.29, 1.82) is 0 Å². The third-order valence-electron chi connectivity index (χ3n) is 4.73. The molecule has 24 heavy (non-hydrogen) atoms. The molecule has 0 aromatic heterocycles. The predicted molar refractivity (Wildman–Crippen MR) is 95.5 cm³/mol. The van der Waals surface area contributed by atoms with E-state index in [4.69, 9.17) is 5.73 Å². The van der Waals surface area contributed by atoms with Crippen LogP contribution in [0.5, 0.6) is 0 Å². The van der Waals surface area contributed by atoms with E-state index in [1.54, 1.807) is 0 Å². The van der Waals surface area contributed by atoms with Crippen molar-refractivity contribution in [1.82, 2.24) is 4.90 Å². The van der Waals surface area contributed by atoms with Gasteiger partial charge in [0.05, 0.1) is 0 Å². The fourth-order valence-electron chi connectivity index (χ4n) is 3.30. The van der Waals surface area contributed by atoms with E-state index in [0.29, 0.717) is 5.92 Å². The summed E-state index contributed by atoms with van der Waals surface area (Å²) in [7, 11) is 0. The molecule has 130 valence electrons. The first-order valence-corrected chi connectivity index (χ1v) is 8.02. The van der Waals surface area contributed by atoms with Gasteiger partial charge in [-0.2, -0.15) is 0 Å². The molecule has 2 aromatic rings. The summed E-state index contributed by atoms with van der Waals surface area (Å²) in [5.74, 6) is 0.0534. The van der Waals surface area contributed by atoms with Crippen molar-refractivity contribution in [2.45, 2.75) is 18.9 Å². The summed E-state index contributed by atoms with van der Waals surface area (Å²) in [5.41, 5.74) is 8.19. The molecule has 3 rings (SSSR count). The Balaban J connectivity index is 0.00000208. The molecule has 0 radical (unpaired) electrons. The molecule has 0 bridgehead atoms. The maximum absolute atomic E-state index is 13.2. The molecule has 2 aromatic carbocycles. The van der Waals surface area contributed by atoms with E-state index in [-0.39, 0.29) is 36.0 Å². The molecule has 2 atom stereocenters. The van der Waals surface area contributed by atoms with Crippen molar-refractivity contribution in [3.8, 4) is 0 Å². The summed E-state index contributed by atoms with van der Waals surface area (Å²) >= 11 is 0. The minimum absolute atomic E-state index is 0. The van der Waals surface area contributed by atoms with Gasteiger partial charge >= 0.3 is 0 Å². The summed E-state index contributed by atoms with van der Waals surface area (Å²) in [6.45, 7) is 4.78. The van der Waals surface area contributed by atoms with Crippen LogP contribution in [-0.2, 0) is 0 Å². The van der Waals surface area contributed by atoms with E-state index in [1.807, 2.05) is 24.3 Å². The van der Waals surface area contributed by atoms with Gasteiger partial charge in [-0.1, -0.05) is 31.2 Å². The fraction of sp³-hybridized carbons (Fsp3) is 0.368. The first-order chi connectivity index (χ1) is 11.0. The van der Waals surface area contributed by atoms with Crippen molar-refractivity contribution < 1.29 is 8.78 Å². The highest BCUT2D eigenvalue weighted by atomic mass is 35.5. The molecule has 1 aliphatic heterocycles. The molecule has 1 fully saturated rings. The SMILES string of the molecule is CC1CN(CC(c2ccc(F)cc2)c2ccc(F)cc2)CC1N.Cl. The lowest BCUT2D eigenvalue weighted by Crippen LogP contribution is -2.31. The zero-order chi connectivity index (χ0) is 16.4. The quantitative estimate of drug-likeness (QED) is 0.907. The second kappa shape index (κ2) is 8.06. The van der Waals surface area contributed by atoms with Crippen LogP contribution in [0.2, 0.25) is 0 Å². The van der Waals surface area contributed by atoms with Crippen molar-refractivity contribution in [3.05, 3.63) is 71.3 Å². The number of halogens is 3. The number of hydrogen-bond acceptors (Lipinski definition) is 2. The van der Waals surface area contributed by atoms with Crippen LogP contribution in [0.4, 0.5) is 8.78 Å². The summed E-state index contributed by atoms with van der Waals surface area (Å²) in [6.07, 6.45) is 0. The summed E-state index contributed by atoms with van der Waals surface area (Å²) < 4.78 is 26.5. The van der Waals surface area contributed by atoms with Gasteiger partial charge in [-0.05, 0) is 41.3 Å². The minimum Gasteiger partial charge on any atom is -0.326 e. The minimum atomic E-state index is -0.247. The van der Waals surface area contributed by atoms with Crippen molar-refractivity contribution in [2.24, 2.45) is 11.7 Å². The molecule has 2 nitrogen and oxygen atoms in total. The highest BCUT2D eigenvalue weighted by molar-refractivity contribution is 5.85. The van der Waals surface area contributed by atoms with Crippen molar-refractivity contribution in [2.75, 3.05) is 19.6 Å². The number of nitrogens with zero attached hydrogens (tertiary/aromatic N) is 1. The van der Waals surface area contributed by atoms with Crippen LogP contribution in [0.15, 0.2) is 48.5 Å². The van der Waals surface area contributed by atoms with Crippen molar-refractivity contribution in [3.63, 3.8) is 0 Å². The van der Waals surface area contributed by atoms with Gasteiger partial charge in [0.2, 0.25) is 0 Å². The van der Waals surface area contributed by atoms with E-state index >= 15 is 0 Å². The Kier molecular flexibility index (Phi) is 6.33. The molecule has 2 unspecified atom stereocenters. The fourth-order valence-corrected chi connectivity index (χ4v) is 3.30. The number of nitrogens with two attached hydrogens (primary N) is 1. The van der Waals surface area contributed by atoms with Gasteiger partial charge in [0, 0.05) is 31.6 Å². The van der Waals surface area contributed by atoms with Crippen LogP contribution in [0.3, 0.4) is 0 Å². The van der Waals surface area contributed by atoms with Gasteiger partial charge in [0.25, 0.3) is 0 Å². The number of rotatable bonds is 4. The van der Waals surface area contributed by atoms with Gasteiger partial charge in [-0.25, -0.2) is 8.78 Å². The van der Waals surface area contributed by atoms with E-state index in [2.05, 4.69) is 11.8 Å². The lowest BCUT2D eigenvalue weighted by atomic mass is 9.90. The third kappa shape index (κ3) is 4.32. The molecule has 0 spiro atoms. The predicted octanol–water partition coefficient (Wildman–Crippen LogP) is 3.80. The molecule has 1 aliphatic rings. The Morgan fingerprint density at radius 3 is 1.79 bits per heavy atom. The second-order valence-corrected chi connectivity index (χ2v) is 6.52. The Morgan fingerprint density at radius 2 is 1.42 bits per heavy atom. The third-order valence-corrected chi connectivity index (χ3v) is 4.73. The molecule has 2 N–H and O–H groups in total. The molecule has 0 aliphatic carbocycles. The van der Waals surface area contributed by atoms with E-state index in [0.717, 1.165) is 30.8 Å². The lowest BCUT2D eigenvalue weighted by molar-refractivity contribution is 0.315. The summed E-state index contributed by atoms with van der Waals surface area (Å²) in [5, 5.41) is 0. The van der Waals surface area contributed by atoms with Crippen LogP contribution < -0.4 is 5.73 Å². The van der Waals surface area contributed by atoms with Crippen LogP contribution in [-0.4, -0.2) is 30.6 Å². The smallest absolute Gasteiger partial charge is 0.123 e. The Morgan fingerprint density at radius 1 is 0.958 bits per heavy atom. The Hall–Kier alpha value is -1.49. The molecular formula is C19H23ClF2N2. The average molecular weight is 353 g/mol. The molecule has 0 amide bonds. The van der Waals surface area contributed by atoms with Crippen LogP contribution in [0, 0.1) is 17.6 Å². The number of hydrogen-bond donors (Lipinski definition) is 1. The molecular weight excluding hydrogens is 330 g/mol. The standard InChI is InChI=1S/C19H22F2N2.ClH/c1-13-10-23(12-19(13)22)11-18(14-2-6-16(20)7-3-14)15-4-8-17(21)9-5-15;/h2-9,13,18-19H,10-12,22H2,1H3;1H. The second-order valence-electron chi connectivity index (χ2n) is 6.52. The van der Waals surface area contributed by atoms with Crippen LogP contribution >= 0.6 is 12.4 Å². The first-order valence-electron chi connectivity index (χ1n) is 8.02. The summed E-state index contributed by atoms with van der Waals surface area (Å²) in [6, 6.07) is 13.3. The highest BCUT2D eigenvalue weighted by Crippen LogP contribution is 2.28.